The highest BCUT2D eigenvalue weighted by molar-refractivity contribution is 5.94. The van der Waals surface area contributed by atoms with Gasteiger partial charge in [0.2, 0.25) is 5.91 Å². The number of anilines is 2. The van der Waals surface area contributed by atoms with Gasteiger partial charge in [0, 0.05) is 25.5 Å². The zero-order chi connectivity index (χ0) is 13.1. The van der Waals surface area contributed by atoms with E-state index in [4.69, 9.17) is 5.73 Å². The summed E-state index contributed by atoms with van der Waals surface area (Å²) in [4.78, 5) is 13.9. The third kappa shape index (κ3) is 3.47. The van der Waals surface area contributed by atoms with Crippen LogP contribution in [0.3, 0.4) is 0 Å². The van der Waals surface area contributed by atoms with Gasteiger partial charge in [-0.15, -0.1) is 0 Å². The summed E-state index contributed by atoms with van der Waals surface area (Å²) in [6, 6.07) is 7.36. The van der Waals surface area contributed by atoms with Crippen LogP contribution in [-0.4, -0.2) is 26.0 Å². The van der Waals surface area contributed by atoms with Gasteiger partial charge in [-0.1, -0.05) is 12.8 Å². The number of hydrogen-bond acceptors (Lipinski definition) is 3. The second-order valence-corrected chi connectivity index (χ2v) is 5.22. The molecule has 1 aromatic rings. The van der Waals surface area contributed by atoms with Crippen molar-refractivity contribution < 1.29 is 4.79 Å². The summed E-state index contributed by atoms with van der Waals surface area (Å²) in [5, 5.41) is 2.86. The normalized spacial score (nSPS) is 16.2. The monoisotopic (exact) mass is 247 g/mol. The second-order valence-electron chi connectivity index (χ2n) is 5.22. The highest BCUT2D eigenvalue weighted by Gasteiger charge is 2.26. The van der Waals surface area contributed by atoms with Crippen LogP contribution in [0.15, 0.2) is 24.3 Å². The van der Waals surface area contributed by atoms with E-state index in [1.54, 1.807) is 0 Å². The lowest BCUT2D eigenvalue weighted by Crippen LogP contribution is -2.35. The van der Waals surface area contributed by atoms with E-state index >= 15 is 0 Å². The van der Waals surface area contributed by atoms with Crippen molar-refractivity contribution in [3.05, 3.63) is 24.3 Å². The Bertz CT molecular complexity index is 410. The fourth-order valence-corrected chi connectivity index (χ4v) is 1.90. The lowest BCUT2D eigenvalue weighted by atomic mass is 10.1. The van der Waals surface area contributed by atoms with Crippen molar-refractivity contribution >= 4 is 17.3 Å². The molecule has 1 amide bonds. The van der Waals surface area contributed by atoms with Gasteiger partial charge in [-0.3, -0.25) is 4.79 Å². The largest absolute Gasteiger partial charge is 0.378 e. The molecule has 1 aromatic carbocycles. The molecule has 1 unspecified atom stereocenters. The van der Waals surface area contributed by atoms with E-state index in [1.807, 2.05) is 43.3 Å². The van der Waals surface area contributed by atoms with Crippen molar-refractivity contribution in [3.8, 4) is 0 Å². The standard InChI is InChI=1S/C14H21N3O/c1-17(2)12-7-5-11(6-8-12)16-14(18)13(15)9-10-3-4-10/h5-8,10,13H,3-4,9,15H2,1-2H3,(H,16,18). The average Bonchev–Trinajstić information content (AvgIpc) is 3.13. The topological polar surface area (TPSA) is 58.4 Å². The van der Waals surface area contributed by atoms with E-state index in [2.05, 4.69) is 5.32 Å². The predicted molar refractivity (Wildman–Crippen MR) is 74.7 cm³/mol. The molecule has 0 spiro atoms. The molecule has 1 aliphatic rings. The molecular formula is C14H21N3O. The molecule has 0 aliphatic heterocycles. The Morgan fingerprint density at radius 3 is 2.50 bits per heavy atom. The molecule has 4 heteroatoms. The molecule has 1 atom stereocenters. The Labute approximate surface area is 108 Å². The van der Waals surface area contributed by atoms with Gasteiger partial charge in [-0.2, -0.15) is 0 Å². The van der Waals surface area contributed by atoms with Crippen molar-refractivity contribution in [1.29, 1.82) is 0 Å². The number of carbonyl (C=O) groups is 1. The van der Waals surface area contributed by atoms with Crippen LogP contribution in [0.4, 0.5) is 11.4 Å². The highest BCUT2D eigenvalue weighted by atomic mass is 16.2. The molecule has 1 aliphatic carbocycles. The van der Waals surface area contributed by atoms with E-state index in [0.717, 1.165) is 17.8 Å². The van der Waals surface area contributed by atoms with Gasteiger partial charge in [0.1, 0.15) is 0 Å². The molecule has 0 bridgehead atoms. The molecule has 2 rings (SSSR count). The summed E-state index contributed by atoms with van der Waals surface area (Å²) in [6.45, 7) is 0. The summed E-state index contributed by atoms with van der Waals surface area (Å²) in [6.07, 6.45) is 3.25. The molecular weight excluding hydrogens is 226 g/mol. The van der Waals surface area contributed by atoms with Gasteiger partial charge in [-0.05, 0) is 36.6 Å². The Balaban J connectivity index is 1.89. The van der Waals surface area contributed by atoms with Gasteiger partial charge in [-0.25, -0.2) is 0 Å². The third-order valence-corrected chi connectivity index (χ3v) is 3.27. The van der Waals surface area contributed by atoms with Crippen LogP contribution in [-0.2, 0) is 4.79 Å². The molecule has 4 nitrogen and oxygen atoms in total. The minimum atomic E-state index is -0.383. The second kappa shape index (κ2) is 5.40. The molecule has 0 aromatic heterocycles. The smallest absolute Gasteiger partial charge is 0.241 e. The van der Waals surface area contributed by atoms with E-state index in [1.165, 1.54) is 12.8 Å². The van der Waals surface area contributed by atoms with Gasteiger partial charge >= 0.3 is 0 Å². The maximum absolute atomic E-state index is 11.8. The molecule has 1 fully saturated rings. The van der Waals surface area contributed by atoms with Crippen molar-refractivity contribution in [2.75, 3.05) is 24.3 Å². The van der Waals surface area contributed by atoms with E-state index in [-0.39, 0.29) is 11.9 Å². The number of amides is 1. The van der Waals surface area contributed by atoms with E-state index in [9.17, 15) is 4.79 Å². The number of benzene rings is 1. The predicted octanol–water partition coefficient (Wildman–Crippen LogP) is 1.82. The van der Waals surface area contributed by atoms with Crippen molar-refractivity contribution in [1.82, 2.24) is 0 Å². The summed E-state index contributed by atoms with van der Waals surface area (Å²) < 4.78 is 0. The molecule has 18 heavy (non-hydrogen) atoms. The maximum Gasteiger partial charge on any atom is 0.241 e. The van der Waals surface area contributed by atoms with Crippen molar-refractivity contribution in [2.24, 2.45) is 11.7 Å². The van der Waals surface area contributed by atoms with Crippen LogP contribution in [0.1, 0.15) is 19.3 Å². The lowest BCUT2D eigenvalue weighted by molar-refractivity contribution is -0.117. The molecule has 0 radical (unpaired) electrons. The molecule has 1 saturated carbocycles. The highest BCUT2D eigenvalue weighted by Crippen LogP contribution is 2.33. The SMILES string of the molecule is CN(C)c1ccc(NC(=O)C(N)CC2CC2)cc1. The Morgan fingerprint density at radius 1 is 1.39 bits per heavy atom. The van der Waals surface area contributed by atoms with Crippen LogP contribution in [0.25, 0.3) is 0 Å². The first kappa shape index (κ1) is 12.9. The van der Waals surface area contributed by atoms with Gasteiger partial charge in [0.15, 0.2) is 0 Å². The van der Waals surface area contributed by atoms with Crippen LogP contribution in [0.5, 0.6) is 0 Å². The van der Waals surface area contributed by atoms with Crippen LogP contribution < -0.4 is 16.0 Å². The Hall–Kier alpha value is -1.55. The summed E-state index contributed by atoms with van der Waals surface area (Å²) in [7, 11) is 3.97. The fourth-order valence-electron chi connectivity index (χ4n) is 1.90. The average molecular weight is 247 g/mol. The molecule has 0 heterocycles. The Kier molecular flexibility index (Phi) is 3.87. The number of nitrogens with zero attached hydrogens (tertiary/aromatic N) is 1. The number of rotatable bonds is 5. The maximum atomic E-state index is 11.8. The molecule has 3 N–H and O–H groups in total. The minimum Gasteiger partial charge on any atom is -0.378 e. The molecule has 98 valence electrons. The number of carbonyl (C=O) groups excluding carboxylic acids is 1. The minimum absolute atomic E-state index is 0.0838. The summed E-state index contributed by atoms with van der Waals surface area (Å²) in [5.41, 5.74) is 7.77. The van der Waals surface area contributed by atoms with E-state index < -0.39 is 0 Å². The summed E-state index contributed by atoms with van der Waals surface area (Å²) in [5.74, 6) is 0.585. The zero-order valence-electron chi connectivity index (χ0n) is 11.0. The van der Waals surface area contributed by atoms with E-state index in [0.29, 0.717) is 5.92 Å². The van der Waals surface area contributed by atoms with Crippen molar-refractivity contribution in [2.45, 2.75) is 25.3 Å². The first-order valence-corrected chi connectivity index (χ1v) is 6.40. The van der Waals surface area contributed by atoms with Gasteiger partial charge in [0.05, 0.1) is 6.04 Å². The van der Waals surface area contributed by atoms with Crippen molar-refractivity contribution in [3.63, 3.8) is 0 Å². The van der Waals surface area contributed by atoms with Crippen LogP contribution >= 0.6 is 0 Å². The number of nitrogens with two attached hydrogens (primary N) is 1. The molecule has 0 saturated heterocycles. The number of nitrogens with one attached hydrogen (secondary N) is 1. The zero-order valence-corrected chi connectivity index (χ0v) is 11.0. The fraction of sp³-hybridized carbons (Fsp3) is 0.500. The summed E-state index contributed by atoms with van der Waals surface area (Å²) >= 11 is 0. The number of hydrogen-bond donors (Lipinski definition) is 2. The Morgan fingerprint density at radius 2 is 2.00 bits per heavy atom. The first-order chi connectivity index (χ1) is 8.56. The van der Waals surface area contributed by atoms with Crippen LogP contribution in [0, 0.1) is 5.92 Å². The quantitative estimate of drug-likeness (QED) is 0.834. The van der Waals surface area contributed by atoms with Gasteiger partial charge in [0.25, 0.3) is 0 Å². The third-order valence-electron chi connectivity index (χ3n) is 3.27. The lowest BCUT2D eigenvalue weighted by Gasteiger charge is -2.14. The van der Waals surface area contributed by atoms with Crippen LogP contribution in [0.2, 0.25) is 0 Å². The van der Waals surface area contributed by atoms with Gasteiger partial charge < -0.3 is 16.0 Å². The first-order valence-electron chi connectivity index (χ1n) is 6.40.